The maximum absolute atomic E-state index is 11.3. The van der Waals surface area contributed by atoms with Crippen molar-refractivity contribution in [1.82, 2.24) is 0 Å². The lowest BCUT2D eigenvalue weighted by Gasteiger charge is -2.09. The van der Waals surface area contributed by atoms with Crippen LogP contribution in [0.4, 0.5) is 11.4 Å². The van der Waals surface area contributed by atoms with E-state index >= 15 is 0 Å². The van der Waals surface area contributed by atoms with E-state index < -0.39 is 10.0 Å². The Morgan fingerprint density at radius 2 is 1.72 bits per heavy atom. The molecule has 0 heterocycles. The lowest BCUT2D eigenvalue weighted by molar-refractivity contribution is 0.607. The molecule has 3 aromatic rings. The van der Waals surface area contributed by atoms with Gasteiger partial charge in [-0.15, -0.1) is 0 Å². The number of nitrogens with one attached hydrogen (secondary N) is 1. The zero-order chi connectivity index (χ0) is 18.0. The Labute approximate surface area is 146 Å². The maximum Gasteiger partial charge on any atom is 0.229 e. The standard InChI is InChI=1S/C18H18N4O2S/c1-25(23,24)22-14-7-5-12(6-8-14)16-4-2-3-13-11-15(21-18(19)20)9-10-17(13)16/h2-11,22H,1H3,(H4,19,20,21). The third-order valence-electron chi connectivity index (χ3n) is 3.62. The van der Waals surface area contributed by atoms with E-state index in [-0.39, 0.29) is 5.96 Å². The van der Waals surface area contributed by atoms with Gasteiger partial charge >= 0.3 is 0 Å². The van der Waals surface area contributed by atoms with Crippen LogP contribution in [0, 0.1) is 0 Å². The lowest BCUT2D eigenvalue weighted by Crippen LogP contribution is -2.21. The largest absolute Gasteiger partial charge is 0.370 e. The van der Waals surface area contributed by atoms with Crippen LogP contribution in [0.1, 0.15) is 0 Å². The highest BCUT2D eigenvalue weighted by Crippen LogP contribution is 2.31. The number of benzene rings is 3. The van der Waals surface area contributed by atoms with Crippen LogP contribution in [0.25, 0.3) is 21.9 Å². The van der Waals surface area contributed by atoms with Crippen LogP contribution in [0.3, 0.4) is 0 Å². The third kappa shape index (κ3) is 4.07. The second-order valence-corrected chi connectivity index (χ2v) is 7.45. The molecule has 0 atom stereocenters. The summed E-state index contributed by atoms with van der Waals surface area (Å²) < 4.78 is 25.1. The van der Waals surface area contributed by atoms with Gasteiger partial charge in [0.2, 0.25) is 10.0 Å². The molecule has 7 heteroatoms. The number of aliphatic imine (C=N–C) groups is 1. The zero-order valence-corrected chi connectivity index (χ0v) is 14.4. The Kier molecular flexibility index (Phi) is 4.33. The first kappa shape index (κ1) is 16.8. The van der Waals surface area contributed by atoms with Crippen molar-refractivity contribution in [2.75, 3.05) is 11.0 Å². The van der Waals surface area contributed by atoms with Gasteiger partial charge in [0.15, 0.2) is 5.96 Å². The molecule has 128 valence electrons. The second kappa shape index (κ2) is 6.45. The number of anilines is 1. The van der Waals surface area contributed by atoms with Crippen LogP contribution in [-0.2, 0) is 10.0 Å². The first-order chi connectivity index (χ1) is 11.8. The maximum atomic E-state index is 11.3. The van der Waals surface area contributed by atoms with Gasteiger partial charge in [-0.25, -0.2) is 13.4 Å². The summed E-state index contributed by atoms with van der Waals surface area (Å²) in [6, 6.07) is 18.9. The summed E-state index contributed by atoms with van der Waals surface area (Å²) in [6.07, 6.45) is 1.12. The second-order valence-electron chi connectivity index (χ2n) is 5.70. The molecule has 0 fully saturated rings. The minimum atomic E-state index is -3.29. The Hall–Kier alpha value is -3.06. The first-order valence-electron chi connectivity index (χ1n) is 7.52. The molecular weight excluding hydrogens is 336 g/mol. The van der Waals surface area contributed by atoms with Crippen LogP contribution in [0.15, 0.2) is 65.7 Å². The Morgan fingerprint density at radius 1 is 1.00 bits per heavy atom. The number of nitrogens with two attached hydrogens (primary N) is 2. The van der Waals surface area contributed by atoms with Gasteiger partial charge < -0.3 is 11.5 Å². The number of nitrogens with zero attached hydrogens (tertiary/aromatic N) is 1. The predicted octanol–water partition coefficient (Wildman–Crippen LogP) is 2.78. The van der Waals surface area contributed by atoms with Crippen LogP contribution < -0.4 is 16.2 Å². The van der Waals surface area contributed by atoms with Gasteiger partial charge in [-0.3, -0.25) is 4.72 Å². The van der Waals surface area contributed by atoms with E-state index in [1.165, 1.54) is 0 Å². The molecule has 0 spiro atoms. The molecule has 0 aliphatic rings. The molecule has 0 bridgehead atoms. The van der Waals surface area contributed by atoms with Crippen molar-refractivity contribution in [3.8, 4) is 11.1 Å². The number of guanidine groups is 1. The molecule has 0 aromatic heterocycles. The van der Waals surface area contributed by atoms with Crippen molar-refractivity contribution in [2.45, 2.75) is 0 Å². The monoisotopic (exact) mass is 354 g/mol. The van der Waals surface area contributed by atoms with Crippen molar-refractivity contribution in [2.24, 2.45) is 16.5 Å². The van der Waals surface area contributed by atoms with Crippen molar-refractivity contribution in [3.63, 3.8) is 0 Å². The molecule has 0 unspecified atom stereocenters. The van der Waals surface area contributed by atoms with E-state index in [1.54, 1.807) is 12.1 Å². The van der Waals surface area contributed by atoms with Crippen LogP contribution in [-0.4, -0.2) is 20.6 Å². The molecule has 0 saturated carbocycles. The summed E-state index contributed by atoms with van der Waals surface area (Å²) in [7, 11) is -3.29. The average Bonchev–Trinajstić information content (AvgIpc) is 2.53. The average molecular weight is 354 g/mol. The van der Waals surface area contributed by atoms with E-state index in [0.717, 1.165) is 28.2 Å². The fourth-order valence-electron chi connectivity index (χ4n) is 2.67. The number of hydrogen-bond donors (Lipinski definition) is 3. The molecule has 25 heavy (non-hydrogen) atoms. The molecule has 0 aliphatic heterocycles. The SMILES string of the molecule is CS(=O)(=O)Nc1ccc(-c2cccc3cc(N=C(N)N)ccc23)cc1. The van der Waals surface area contributed by atoms with E-state index in [2.05, 4.69) is 9.71 Å². The number of fused-ring (bicyclic) bond motifs is 1. The highest BCUT2D eigenvalue weighted by Gasteiger charge is 2.06. The molecule has 3 aromatic carbocycles. The van der Waals surface area contributed by atoms with Gasteiger partial charge in [0.05, 0.1) is 11.9 Å². The Balaban J connectivity index is 2.02. The van der Waals surface area contributed by atoms with Gasteiger partial charge in [-0.2, -0.15) is 0 Å². The predicted molar refractivity (Wildman–Crippen MR) is 103 cm³/mol. The molecule has 0 aliphatic carbocycles. The molecule has 0 amide bonds. The number of rotatable bonds is 4. The minimum Gasteiger partial charge on any atom is -0.370 e. The summed E-state index contributed by atoms with van der Waals surface area (Å²) in [5.74, 6) is 0.0180. The molecule has 3 rings (SSSR count). The summed E-state index contributed by atoms with van der Waals surface area (Å²) in [5, 5.41) is 2.07. The number of hydrogen-bond acceptors (Lipinski definition) is 3. The van der Waals surface area contributed by atoms with Gasteiger partial charge in [-0.1, -0.05) is 36.4 Å². The summed E-state index contributed by atoms with van der Waals surface area (Å²) in [5.41, 5.74) is 14.1. The Bertz CT molecular complexity index is 1050. The van der Waals surface area contributed by atoms with Crippen LogP contribution in [0.5, 0.6) is 0 Å². The van der Waals surface area contributed by atoms with Gasteiger partial charge in [0, 0.05) is 5.69 Å². The molecule has 6 nitrogen and oxygen atoms in total. The van der Waals surface area contributed by atoms with Crippen LogP contribution in [0.2, 0.25) is 0 Å². The van der Waals surface area contributed by atoms with Crippen molar-refractivity contribution in [1.29, 1.82) is 0 Å². The quantitative estimate of drug-likeness (QED) is 0.494. The van der Waals surface area contributed by atoms with Crippen molar-refractivity contribution >= 4 is 38.1 Å². The fourth-order valence-corrected chi connectivity index (χ4v) is 3.24. The molecule has 0 radical (unpaired) electrons. The summed E-state index contributed by atoms with van der Waals surface area (Å²) in [4.78, 5) is 4.06. The normalized spacial score (nSPS) is 11.2. The van der Waals surface area contributed by atoms with E-state index in [4.69, 9.17) is 11.5 Å². The topological polar surface area (TPSA) is 111 Å². The lowest BCUT2D eigenvalue weighted by atomic mass is 9.98. The zero-order valence-electron chi connectivity index (χ0n) is 13.6. The summed E-state index contributed by atoms with van der Waals surface area (Å²) >= 11 is 0. The highest BCUT2D eigenvalue weighted by molar-refractivity contribution is 7.92. The highest BCUT2D eigenvalue weighted by atomic mass is 32.2. The van der Waals surface area contributed by atoms with E-state index in [9.17, 15) is 8.42 Å². The van der Waals surface area contributed by atoms with E-state index in [1.807, 2.05) is 48.5 Å². The smallest absolute Gasteiger partial charge is 0.229 e. The van der Waals surface area contributed by atoms with E-state index in [0.29, 0.717) is 11.4 Å². The molecular formula is C18H18N4O2S. The molecule has 5 N–H and O–H groups in total. The van der Waals surface area contributed by atoms with Crippen molar-refractivity contribution < 1.29 is 8.42 Å². The third-order valence-corrected chi connectivity index (χ3v) is 4.23. The number of sulfonamides is 1. The minimum absolute atomic E-state index is 0.0180. The van der Waals surface area contributed by atoms with Gasteiger partial charge in [0.1, 0.15) is 0 Å². The molecule has 0 saturated heterocycles. The van der Waals surface area contributed by atoms with Gasteiger partial charge in [0.25, 0.3) is 0 Å². The van der Waals surface area contributed by atoms with Crippen LogP contribution >= 0.6 is 0 Å². The summed E-state index contributed by atoms with van der Waals surface area (Å²) in [6.45, 7) is 0. The van der Waals surface area contributed by atoms with Gasteiger partial charge in [-0.05, 0) is 46.2 Å². The fraction of sp³-hybridized carbons (Fsp3) is 0.0556. The first-order valence-corrected chi connectivity index (χ1v) is 9.42. The van der Waals surface area contributed by atoms with Crippen molar-refractivity contribution in [3.05, 3.63) is 60.7 Å². The Morgan fingerprint density at radius 3 is 2.36 bits per heavy atom.